The van der Waals surface area contributed by atoms with Crippen molar-refractivity contribution in [2.75, 3.05) is 103 Å². The highest BCUT2D eigenvalue weighted by molar-refractivity contribution is 5.83. The Labute approximate surface area is 371 Å². The molecule has 1 atom stereocenters. The van der Waals surface area contributed by atoms with Gasteiger partial charge in [0.1, 0.15) is 11.8 Å². The third kappa shape index (κ3) is 22.6. The largest absolute Gasteiger partial charge is 0.511 e. The molecule has 2 saturated heterocycles. The minimum Gasteiger partial charge on any atom is -0.511 e. The van der Waals surface area contributed by atoms with Gasteiger partial charge in [0.05, 0.1) is 18.6 Å². The number of carbonyl (C=O) groups is 3. The number of aryl methyl sites for hydroxylation is 1. The third-order valence-electron chi connectivity index (χ3n) is 9.89. The third-order valence-corrected chi connectivity index (χ3v) is 9.89. The molecule has 2 aliphatic heterocycles. The lowest BCUT2D eigenvalue weighted by molar-refractivity contribution is -0.145. The van der Waals surface area contributed by atoms with E-state index < -0.39 is 18.0 Å². The van der Waals surface area contributed by atoms with Crippen LogP contribution in [0.3, 0.4) is 0 Å². The summed E-state index contributed by atoms with van der Waals surface area (Å²) < 4.78 is 0. The molecule has 350 valence electrons. The standard InChI is InChI=1S/C38H57N7O6.5C2H6/c1-5-31-9-7-30-8-10-32(25-34(30)39-31)43-21-23-45(24-22-43)36(47)12-11-35(38(50)51)44-19-17-41(27-33(46)6-2)15-13-40(26-29(3)4)14-16-42(18-20-44)28-37(48)49;5*1-2/h6-10,25,35,46H,3,5,11-24,26-28H2,1-2,4H3,(H,48,49)(H,50,51);5*1-2H3. The van der Waals surface area contributed by atoms with Gasteiger partial charge in [-0.25, -0.2) is 0 Å². The van der Waals surface area contributed by atoms with Crippen molar-refractivity contribution in [2.24, 2.45) is 0 Å². The fourth-order valence-corrected chi connectivity index (χ4v) is 6.87. The maximum absolute atomic E-state index is 13.4. The smallest absolute Gasteiger partial charge is 0.320 e. The Morgan fingerprint density at radius 1 is 0.705 bits per heavy atom. The molecule has 4 rings (SSSR count). The molecule has 1 aromatic carbocycles. The zero-order valence-electron chi connectivity index (χ0n) is 40.7. The van der Waals surface area contributed by atoms with E-state index in [0.29, 0.717) is 91.6 Å². The Morgan fingerprint density at radius 2 is 1.20 bits per heavy atom. The van der Waals surface area contributed by atoms with Crippen LogP contribution in [0.4, 0.5) is 5.69 Å². The summed E-state index contributed by atoms with van der Waals surface area (Å²) in [4.78, 5) is 54.9. The Bertz CT molecular complexity index is 1530. The van der Waals surface area contributed by atoms with Crippen molar-refractivity contribution in [3.63, 3.8) is 0 Å². The number of hydrogen-bond acceptors (Lipinski definition) is 10. The number of piperazine rings is 1. The number of fused-ring (bicyclic) bond motifs is 1. The van der Waals surface area contributed by atoms with Crippen molar-refractivity contribution >= 4 is 34.4 Å². The zero-order valence-corrected chi connectivity index (χ0v) is 40.7. The predicted molar refractivity (Wildman–Crippen MR) is 257 cm³/mol. The van der Waals surface area contributed by atoms with Gasteiger partial charge in [0.2, 0.25) is 5.91 Å². The first-order valence-corrected chi connectivity index (χ1v) is 23.2. The van der Waals surface area contributed by atoms with Gasteiger partial charge in [0.15, 0.2) is 0 Å². The Morgan fingerprint density at radius 3 is 1.67 bits per heavy atom. The number of hydrogen-bond donors (Lipinski definition) is 3. The van der Waals surface area contributed by atoms with Crippen molar-refractivity contribution in [1.82, 2.24) is 29.5 Å². The lowest BCUT2D eigenvalue weighted by atomic mass is 10.1. The number of anilines is 1. The number of benzene rings is 1. The molecule has 0 bridgehead atoms. The summed E-state index contributed by atoms with van der Waals surface area (Å²) in [6.07, 6.45) is 2.79. The molecule has 61 heavy (non-hydrogen) atoms. The van der Waals surface area contributed by atoms with Gasteiger partial charge in [-0.1, -0.05) is 100 Å². The Hall–Kier alpha value is -4.04. The van der Waals surface area contributed by atoms with Crippen LogP contribution >= 0.6 is 0 Å². The summed E-state index contributed by atoms with van der Waals surface area (Å²) in [5.74, 6) is -1.75. The number of amides is 1. The lowest BCUT2D eigenvalue weighted by Gasteiger charge is -2.37. The maximum Gasteiger partial charge on any atom is 0.320 e. The van der Waals surface area contributed by atoms with E-state index in [1.807, 2.05) is 90.9 Å². The number of pyridine rings is 1. The molecule has 0 saturated carbocycles. The molecule has 1 unspecified atom stereocenters. The minimum absolute atomic E-state index is 0.0623. The van der Waals surface area contributed by atoms with E-state index >= 15 is 0 Å². The van der Waals surface area contributed by atoms with E-state index in [1.54, 1.807) is 13.0 Å². The van der Waals surface area contributed by atoms with E-state index in [0.717, 1.165) is 34.3 Å². The highest BCUT2D eigenvalue weighted by atomic mass is 16.4. The Kier molecular flexibility index (Phi) is 34.4. The summed E-state index contributed by atoms with van der Waals surface area (Å²) in [7, 11) is 0. The zero-order chi connectivity index (χ0) is 46.9. The number of carbonyl (C=O) groups excluding carboxylic acids is 1. The van der Waals surface area contributed by atoms with Crippen LogP contribution in [0, 0.1) is 0 Å². The van der Waals surface area contributed by atoms with Crippen LogP contribution in [0.1, 0.15) is 109 Å². The molecule has 2 aliphatic rings. The molecular weight excluding hydrogens is 771 g/mol. The van der Waals surface area contributed by atoms with Gasteiger partial charge in [-0.3, -0.25) is 39.0 Å². The fraction of sp³-hybridized carbons (Fsp3) is 0.667. The van der Waals surface area contributed by atoms with E-state index in [-0.39, 0.29) is 31.1 Å². The van der Waals surface area contributed by atoms with Gasteiger partial charge < -0.3 is 25.1 Å². The average Bonchev–Trinajstić information content (AvgIpc) is 3.29. The first-order valence-electron chi connectivity index (χ1n) is 23.2. The average molecular weight is 858 g/mol. The Balaban J connectivity index is 0. The SMILES string of the molecule is C=C(C)CN1CCN(CC(=O)O)CCN(C(CCC(=O)N2CCN(c3ccc4ccc(CC)nc4c3)CC2)C(=O)O)CCN(CC(O)=CC)CC1.CC.CC.CC.CC.CC. The summed E-state index contributed by atoms with van der Waals surface area (Å²) in [5.41, 5.74) is 4.10. The molecule has 0 aliphatic carbocycles. The van der Waals surface area contributed by atoms with Crippen molar-refractivity contribution in [3.05, 3.63) is 60.0 Å². The first kappa shape index (κ1) is 59.1. The van der Waals surface area contributed by atoms with Gasteiger partial charge in [0, 0.05) is 108 Å². The van der Waals surface area contributed by atoms with Gasteiger partial charge in [0.25, 0.3) is 0 Å². The van der Waals surface area contributed by atoms with Crippen molar-refractivity contribution < 1.29 is 29.7 Å². The second kappa shape index (κ2) is 35.5. The quantitative estimate of drug-likeness (QED) is 0.132. The van der Waals surface area contributed by atoms with E-state index in [4.69, 9.17) is 4.98 Å². The van der Waals surface area contributed by atoms with Crippen LogP contribution in [0.5, 0.6) is 0 Å². The number of carboxylic acid groups (broad SMARTS) is 2. The highest BCUT2D eigenvalue weighted by Crippen LogP contribution is 2.23. The minimum atomic E-state index is -1.00. The van der Waals surface area contributed by atoms with Crippen LogP contribution in [0.2, 0.25) is 0 Å². The molecule has 0 radical (unpaired) electrons. The summed E-state index contributed by atoms with van der Waals surface area (Å²) >= 11 is 0. The fourth-order valence-electron chi connectivity index (χ4n) is 6.87. The lowest BCUT2D eigenvalue weighted by Crippen LogP contribution is -2.52. The van der Waals surface area contributed by atoms with E-state index in [2.05, 4.69) is 58.5 Å². The molecule has 3 N–H and O–H groups in total. The molecule has 2 fully saturated rings. The number of allylic oxidation sites excluding steroid dienone is 1. The van der Waals surface area contributed by atoms with Gasteiger partial charge >= 0.3 is 11.9 Å². The molecule has 0 spiro atoms. The number of nitrogens with zero attached hydrogens (tertiary/aromatic N) is 7. The summed E-state index contributed by atoms with van der Waals surface area (Å²) in [5, 5.41) is 31.5. The van der Waals surface area contributed by atoms with Gasteiger partial charge in [-0.05, 0) is 51.0 Å². The predicted octanol–water partition coefficient (Wildman–Crippen LogP) is 8.15. The number of aliphatic hydroxyl groups excluding tert-OH is 1. The van der Waals surface area contributed by atoms with Crippen LogP contribution in [0.25, 0.3) is 10.9 Å². The van der Waals surface area contributed by atoms with Crippen LogP contribution in [-0.2, 0) is 20.8 Å². The number of aliphatic hydroxyl groups is 1. The second-order valence-corrected chi connectivity index (χ2v) is 13.8. The maximum atomic E-state index is 13.4. The molecule has 2 aromatic rings. The van der Waals surface area contributed by atoms with Crippen LogP contribution < -0.4 is 4.90 Å². The van der Waals surface area contributed by atoms with Crippen molar-refractivity contribution in [1.29, 1.82) is 0 Å². The van der Waals surface area contributed by atoms with Gasteiger partial charge in [-0.2, -0.15) is 0 Å². The second-order valence-electron chi connectivity index (χ2n) is 13.8. The highest BCUT2D eigenvalue weighted by Gasteiger charge is 2.30. The van der Waals surface area contributed by atoms with Crippen molar-refractivity contribution in [2.45, 2.75) is 115 Å². The normalized spacial score (nSPS) is 16.4. The molecule has 3 heterocycles. The van der Waals surface area contributed by atoms with Crippen LogP contribution in [-0.4, -0.2) is 167 Å². The number of aliphatic carboxylic acids is 2. The van der Waals surface area contributed by atoms with Crippen LogP contribution in [0.15, 0.2) is 54.3 Å². The topological polar surface area (TPSA) is 144 Å². The molecule has 1 amide bonds. The molecule has 1 aromatic heterocycles. The molecular formula is C48H87N7O6. The number of aromatic nitrogens is 1. The first-order chi connectivity index (χ1) is 29.4. The summed E-state index contributed by atoms with van der Waals surface area (Å²) in [6.45, 7) is 37.3. The number of rotatable bonds is 13. The van der Waals surface area contributed by atoms with Crippen molar-refractivity contribution in [3.8, 4) is 0 Å². The number of carboxylic acids is 2. The molecule has 13 heteroatoms. The summed E-state index contributed by atoms with van der Waals surface area (Å²) in [6, 6.07) is 9.52. The van der Waals surface area contributed by atoms with E-state index in [1.165, 1.54) is 0 Å². The van der Waals surface area contributed by atoms with E-state index in [9.17, 15) is 29.7 Å². The monoisotopic (exact) mass is 858 g/mol. The molecule has 13 nitrogen and oxygen atoms in total. The van der Waals surface area contributed by atoms with Gasteiger partial charge in [-0.15, -0.1) is 0 Å².